The number of benzene rings is 3. The number of nitrogens with one attached hydrogen (secondary N) is 1. The summed E-state index contributed by atoms with van der Waals surface area (Å²) in [6.45, 7) is 3.72. The van der Waals surface area contributed by atoms with E-state index in [1.54, 1.807) is 18.2 Å². The van der Waals surface area contributed by atoms with Crippen LogP contribution in [0.15, 0.2) is 71.6 Å². The van der Waals surface area contributed by atoms with Gasteiger partial charge in [-0.2, -0.15) is 0 Å². The van der Waals surface area contributed by atoms with Crippen LogP contribution in [-0.4, -0.2) is 21.5 Å². The summed E-state index contributed by atoms with van der Waals surface area (Å²) < 4.78 is 39.6. The van der Waals surface area contributed by atoms with Gasteiger partial charge in [0.2, 0.25) is 0 Å². The van der Waals surface area contributed by atoms with Crippen LogP contribution in [0.1, 0.15) is 48.8 Å². The fourth-order valence-corrected chi connectivity index (χ4v) is 5.16. The molecule has 0 atom stereocenters. The Morgan fingerprint density at radius 2 is 1.51 bits per heavy atom. The molecule has 0 aliphatic carbocycles. The van der Waals surface area contributed by atoms with Crippen molar-refractivity contribution in [3.63, 3.8) is 0 Å². The number of para-hydroxylation sites is 1. The minimum atomic E-state index is -3.75. The lowest BCUT2D eigenvalue weighted by atomic mass is 10.1. The quantitative estimate of drug-likeness (QED) is 0.227. The monoisotopic (exact) mass is 495 g/mol. The number of hydrogen-bond acceptors (Lipinski definition) is 5. The molecule has 6 nitrogen and oxygen atoms in total. The smallest absolute Gasteiger partial charge is 0.305 e. The van der Waals surface area contributed by atoms with Gasteiger partial charge in [0.25, 0.3) is 10.0 Å². The number of rotatable bonds is 12. The molecule has 0 fully saturated rings. The summed E-state index contributed by atoms with van der Waals surface area (Å²) in [5.74, 6) is 1.20. The normalized spacial score (nSPS) is 11.2. The number of methoxy groups -OCH3 is 1. The Hall–Kier alpha value is -3.32. The van der Waals surface area contributed by atoms with Crippen LogP contribution in [0, 0.1) is 13.8 Å². The fraction of sp³-hybridized carbons (Fsp3) is 0.321. The van der Waals surface area contributed by atoms with Crippen molar-refractivity contribution < 1.29 is 22.7 Å². The second-order valence-electron chi connectivity index (χ2n) is 8.59. The van der Waals surface area contributed by atoms with E-state index in [4.69, 9.17) is 4.74 Å². The molecule has 0 radical (unpaired) electrons. The number of carbonyl (C=O) groups excluding carboxylic acids is 1. The molecule has 0 spiro atoms. The molecule has 0 amide bonds. The van der Waals surface area contributed by atoms with Gasteiger partial charge in [0.05, 0.1) is 17.7 Å². The molecule has 0 bridgehead atoms. The summed E-state index contributed by atoms with van der Waals surface area (Å²) in [4.78, 5) is 11.4. The molecule has 0 aliphatic heterocycles. The highest BCUT2D eigenvalue weighted by molar-refractivity contribution is 7.92. The highest BCUT2D eigenvalue weighted by Crippen LogP contribution is 2.31. The third kappa shape index (κ3) is 7.86. The van der Waals surface area contributed by atoms with Gasteiger partial charge in [-0.25, -0.2) is 8.42 Å². The van der Waals surface area contributed by atoms with E-state index in [-0.39, 0.29) is 10.9 Å². The van der Waals surface area contributed by atoms with Crippen molar-refractivity contribution in [1.29, 1.82) is 0 Å². The van der Waals surface area contributed by atoms with E-state index in [9.17, 15) is 13.2 Å². The predicted molar refractivity (Wildman–Crippen MR) is 138 cm³/mol. The lowest BCUT2D eigenvalue weighted by Crippen LogP contribution is -2.15. The van der Waals surface area contributed by atoms with Crippen molar-refractivity contribution in [1.82, 2.24) is 0 Å². The fourth-order valence-electron chi connectivity index (χ4n) is 3.88. The zero-order chi connectivity index (χ0) is 25.3. The van der Waals surface area contributed by atoms with Gasteiger partial charge in [0, 0.05) is 6.42 Å². The molecule has 186 valence electrons. The SMILES string of the molecule is COC(=O)CCCCCCc1cccc(S(=O)(=O)Nc2c(C)cc(Oc3ccccc3)cc2C)c1. The minimum absolute atomic E-state index is 0.181. The summed E-state index contributed by atoms with van der Waals surface area (Å²) >= 11 is 0. The highest BCUT2D eigenvalue weighted by atomic mass is 32.2. The van der Waals surface area contributed by atoms with E-state index < -0.39 is 10.0 Å². The first kappa shape index (κ1) is 26.3. The van der Waals surface area contributed by atoms with Gasteiger partial charge in [-0.05, 0) is 86.2 Å². The molecule has 0 saturated carbocycles. The zero-order valence-electron chi connectivity index (χ0n) is 20.5. The van der Waals surface area contributed by atoms with Crippen LogP contribution in [0.2, 0.25) is 0 Å². The van der Waals surface area contributed by atoms with Crippen molar-refractivity contribution in [2.75, 3.05) is 11.8 Å². The number of sulfonamides is 1. The summed E-state index contributed by atoms with van der Waals surface area (Å²) in [7, 11) is -2.35. The van der Waals surface area contributed by atoms with E-state index in [1.807, 2.05) is 62.4 Å². The average molecular weight is 496 g/mol. The third-order valence-electron chi connectivity index (χ3n) is 5.75. The number of aryl methyl sites for hydroxylation is 3. The van der Waals surface area contributed by atoms with Crippen molar-refractivity contribution >= 4 is 21.7 Å². The largest absolute Gasteiger partial charge is 0.469 e. The van der Waals surface area contributed by atoms with E-state index in [0.29, 0.717) is 17.9 Å². The van der Waals surface area contributed by atoms with E-state index >= 15 is 0 Å². The third-order valence-corrected chi connectivity index (χ3v) is 7.10. The summed E-state index contributed by atoms with van der Waals surface area (Å²) in [5.41, 5.74) is 3.09. The van der Waals surface area contributed by atoms with Crippen LogP contribution >= 0.6 is 0 Å². The lowest BCUT2D eigenvalue weighted by Gasteiger charge is -2.16. The molecule has 0 heterocycles. The summed E-state index contributed by atoms with van der Waals surface area (Å²) in [6, 6.07) is 20.2. The Bertz CT molecular complexity index is 1220. The van der Waals surface area contributed by atoms with Crippen LogP contribution in [0.25, 0.3) is 0 Å². The van der Waals surface area contributed by atoms with Crippen LogP contribution in [0.4, 0.5) is 5.69 Å². The van der Waals surface area contributed by atoms with Gasteiger partial charge in [-0.3, -0.25) is 9.52 Å². The van der Waals surface area contributed by atoms with Crippen molar-refractivity contribution in [2.45, 2.75) is 57.3 Å². The molecule has 35 heavy (non-hydrogen) atoms. The maximum absolute atomic E-state index is 13.2. The van der Waals surface area contributed by atoms with Gasteiger partial charge >= 0.3 is 5.97 Å². The lowest BCUT2D eigenvalue weighted by molar-refractivity contribution is -0.140. The Kier molecular flexibility index (Phi) is 9.32. The molecule has 0 aromatic heterocycles. The number of hydrogen-bond donors (Lipinski definition) is 1. The first-order valence-corrected chi connectivity index (χ1v) is 13.3. The first-order valence-electron chi connectivity index (χ1n) is 11.8. The van der Waals surface area contributed by atoms with Crippen LogP contribution in [-0.2, 0) is 26.0 Å². The number of carbonyl (C=O) groups is 1. The Balaban J connectivity index is 1.63. The maximum atomic E-state index is 13.2. The van der Waals surface area contributed by atoms with E-state index in [0.717, 1.165) is 54.5 Å². The molecule has 1 N–H and O–H groups in total. The molecule has 0 saturated heterocycles. The second-order valence-corrected chi connectivity index (χ2v) is 10.3. The standard InChI is InChI=1S/C28H33NO5S/c1-21-18-25(34-24-14-8-6-9-15-24)19-22(2)28(21)29-35(31,32)26-16-11-13-23(20-26)12-7-4-5-10-17-27(30)33-3/h6,8-9,11,13-16,18-20,29H,4-5,7,10,12,17H2,1-3H3. The van der Waals surface area contributed by atoms with Crippen LogP contribution in [0.5, 0.6) is 11.5 Å². The van der Waals surface area contributed by atoms with E-state index in [2.05, 4.69) is 9.46 Å². The maximum Gasteiger partial charge on any atom is 0.305 e. The van der Waals surface area contributed by atoms with Crippen molar-refractivity contribution in [2.24, 2.45) is 0 Å². The van der Waals surface area contributed by atoms with E-state index in [1.165, 1.54) is 7.11 Å². The molecule has 0 aliphatic rings. The number of esters is 1. The molecule has 3 aromatic carbocycles. The number of unbranched alkanes of at least 4 members (excludes halogenated alkanes) is 3. The Morgan fingerprint density at radius 1 is 0.829 bits per heavy atom. The Labute approximate surface area is 208 Å². The average Bonchev–Trinajstić information content (AvgIpc) is 2.84. The second kappa shape index (κ2) is 12.4. The molecule has 0 unspecified atom stereocenters. The zero-order valence-corrected chi connectivity index (χ0v) is 21.4. The predicted octanol–water partition coefficient (Wildman–Crippen LogP) is 6.56. The number of ether oxygens (including phenoxy) is 2. The van der Waals surface area contributed by atoms with Gasteiger partial charge in [-0.1, -0.05) is 43.2 Å². The van der Waals surface area contributed by atoms with Gasteiger partial charge < -0.3 is 9.47 Å². The number of anilines is 1. The summed E-state index contributed by atoms with van der Waals surface area (Å²) in [6.07, 6.45) is 4.87. The molecular weight excluding hydrogens is 462 g/mol. The summed E-state index contributed by atoms with van der Waals surface area (Å²) in [5, 5.41) is 0. The van der Waals surface area contributed by atoms with Crippen molar-refractivity contribution in [3.8, 4) is 11.5 Å². The van der Waals surface area contributed by atoms with Crippen LogP contribution in [0.3, 0.4) is 0 Å². The highest BCUT2D eigenvalue weighted by Gasteiger charge is 2.18. The molecular formula is C28H33NO5S. The van der Waals surface area contributed by atoms with Gasteiger partial charge in [0.1, 0.15) is 11.5 Å². The van der Waals surface area contributed by atoms with Crippen LogP contribution < -0.4 is 9.46 Å². The Morgan fingerprint density at radius 3 is 2.20 bits per heavy atom. The molecule has 7 heteroatoms. The van der Waals surface area contributed by atoms with Crippen molar-refractivity contribution in [3.05, 3.63) is 83.4 Å². The van der Waals surface area contributed by atoms with Gasteiger partial charge in [0.15, 0.2) is 0 Å². The molecule has 3 rings (SSSR count). The van der Waals surface area contributed by atoms with Gasteiger partial charge in [-0.15, -0.1) is 0 Å². The first-order chi connectivity index (χ1) is 16.8. The molecule has 3 aromatic rings. The minimum Gasteiger partial charge on any atom is -0.469 e. The topological polar surface area (TPSA) is 81.7 Å².